The Kier molecular flexibility index (Phi) is 5.23. The number of aromatic nitrogens is 2. The quantitative estimate of drug-likeness (QED) is 0.705. The van der Waals surface area contributed by atoms with E-state index in [-0.39, 0.29) is 11.4 Å². The standard InChI is InChI=1S/C18H18N4O2S2/c1-13-18(17-4-3-11-25-17)14(2)22(21-13)10-9-20-26(23,24)16-7-5-15(12-19)6-8-16/h3-8,11,20H,9-10H2,1-2H3. The Hall–Kier alpha value is -2.47. The molecule has 8 heteroatoms. The summed E-state index contributed by atoms with van der Waals surface area (Å²) >= 11 is 1.66. The van der Waals surface area contributed by atoms with Gasteiger partial charge in [0.05, 0.1) is 28.8 Å². The van der Waals surface area contributed by atoms with E-state index in [2.05, 4.69) is 15.9 Å². The molecule has 1 aromatic carbocycles. The van der Waals surface area contributed by atoms with Crippen molar-refractivity contribution in [2.24, 2.45) is 0 Å². The lowest BCUT2D eigenvalue weighted by molar-refractivity contribution is 0.554. The molecule has 2 heterocycles. The maximum absolute atomic E-state index is 12.3. The lowest BCUT2D eigenvalue weighted by Gasteiger charge is -2.08. The van der Waals surface area contributed by atoms with Crippen molar-refractivity contribution >= 4 is 21.4 Å². The number of sulfonamides is 1. The molecule has 0 saturated carbocycles. The Labute approximate surface area is 156 Å². The van der Waals surface area contributed by atoms with Crippen molar-refractivity contribution in [3.63, 3.8) is 0 Å². The SMILES string of the molecule is Cc1nn(CCNS(=O)(=O)c2ccc(C#N)cc2)c(C)c1-c1cccs1. The number of hydrogen-bond donors (Lipinski definition) is 1. The normalized spacial score (nSPS) is 11.4. The number of nitrogens with one attached hydrogen (secondary N) is 1. The number of nitrogens with zero attached hydrogens (tertiary/aromatic N) is 3. The fraction of sp³-hybridized carbons (Fsp3) is 0.222. The molecule has 0 fully saturated rings. The van der Waals surface area contributed by atoms with Gasteiger partial charge < -0.3 is 0 Å². The van der Waals surface area contributed by atoms with Gasteiger partial charge >= 0.3 is 0 Å². The predicted molar refractivity (Wildman–Crippen MR) is 101 cm³/mol. The number of benzene rings is 1. The van der Waals surface area contributed by atoms with Gasteiger partial charge in [-0.3, -0.25) is 4.68 Å². The van der Waals surface area contributed by atoms with Gasteiger partial charge in [0.15, 0.2) is 0 Å². The molecule has 0 atom stereocenters. The van der Waals surface area contributed by atoms with Gasteiger partial charge in [0, 0.05) is 22.7 Å². The van der Waals surface area contributed by atoms with E-state index in [0.717, 1.165) is 21.8 Å². The first kappa shape index (κ1) is 18.3. The molecule has 2 aromatic heterocycles. The zero-order chi connectivity index (χ0) is 18.7. The predicted octanol–water partition coefficient (Wildman–Crippen LogP) is 3.08. The highest BCUT2D eigenvalue weighted by atomic mass is 32.2. The first-order valence-corrected chi connectivity index (χ1v) is 10.4. The van der Waals surface area contributed by atoms with E-state index in [1.807, 2.05) is 36.0 Å². The van der Waals surface area contributed by atoms with Gasteiger partial charge in [0.25, 0.3) is 0 Å². The molecule has 6 nitrogen and oxygen atoms in total. The van der Waals surface area contributed by atoms with Crippen molar-refractivity contribution in [2.45, 2.75) is 25.3 Å². The van der Waals surface area contributed by atoms with Gasteiger partial charge in [0.1, 0.15) is 0 Å². The Balaban J connectivity index is 1.70. The van der Waals surface area contributed by atoms with E-state index in [4.69, 9.17) is 5.26 Å². The molecular weight excluding hydrogens is 368 g/mol. The minimum Gasteiger partial charge on any atom is -0.268 e. The molecule has 0 aliphatic carbocycles. The molecule has 0 unspecified atom stereocenters. The van der Waals surface area contributed by atoms with Crippen molar-refractivity contribution in [1.29, 1.82) is 5.26 Å². The van der Waals surface area contributed by atoms with E-state index in [1.165, 1.54) is 24.3 Å². The Morgan fingerprint density at radius 3 is 2.58 bits per heavy atom. The van der Waals surface area contributed by atoms with Gasteiger partial charge in [-0.1, -0.05) is 6.07 Å². The second-order valence-corrected chi connectivity index (χ2v) is 8.49. The minimum atomic E-state index is -3.61. The summed E-state index contributed by atoms with van der Waals surface area (Å²) in [6.07, 6.45) is 0. The number of rotatable bonds is 6. The zero-order valence-electron chi connectivity index (χ0n) is 14.4. The first-order valence-electron chi connectivity index (χ1n) is 8.00. The average molecular weight is 387 g/mol. The second-order valence-electron chi connectivity index (χ2n) is 5.78. The van der Waals surface area contributed by atoms with Gasteiger partial charge in [0.2, 0.25) is 10.0 Å². The third-order valence-electron chi connectivity index (χ3n) is 4.06. The van der Waals surface area contributed by atoms with Crippen LogP contribution < -0.4 is 4.72 Å². The molecule has 134 valence electrons. The molecular formula is C18H18N4O2S2. The number of thiophene rings is 1. The van der Waals surface area contributed by atoms with Crippen LogP contribution in [0.25, 0.3) is 10.4 Å². The number of aryl methyl sites for hydroxylation is 1. The third-order valence-corrected chi connectivity index (χ3v) is 6.42. The lowest BCUT2D eigenvalue weighted by atomic mass is 10.1. The monoisotopic (exact) mass is 386 g/mol. The molecule has 1 N–H and O–H groups in total. The number of hydrogen-bond acceptors (Lipinski definition) is 5. The van der Waals surface area contributed by atoms with Gasteiger partial charge in [-0.15, -0.1) is 11.3 Å². The van der Waals surface area contributed by atoms with E-state index >= 15 is 0 Å². The van der Waals surface area contributed by atoms with Crippen molar-refractivity contribution < 1.29 is 8.42 Å². The van der Waals surface area contributed by atoms with Crippen molar-refractivity contribution in [1.82, 2.24) is 14.5 Å². The fourth-order valence-electron chi connectivity index (χ4n) is 2.77. The molecule has 0 aliphatic rings. The minimum absolute atomic E-state index is 0.143. The average Bonchev–Trinajstić information content (AvgIpc) is 3.23. The molecule has 0 spiro atoms. The summed E-state index contributed by atoms with van der Waals surface area (Å²) in [6.45, 7) is 4.62. The van der Waals surface area contributed by atoms with Crippen LogP contribution >= 0.6 is 11.3 Å². The molecule has 0 amide bonds. The van der Waals surface area contributed by atoms with Crippen LogP contribution in [0.15, 0.2) is 46.7 Å². The summed E-state index contributed by atoms with van der Waals surface area (Å²) in [5.41, 5.74) is 3.48. The molecule has 0 saturated heterocycles. The zero-order valence-corrected chi connectivity index (χ0v) is 16.1. The second kappa shape index (κ2) is 7.41. The molecule has 0 bridgehead atoms. The molecule has 3 rings (SSSR count). The highest BCUT2D eigenvalue weighted by Crippen LogP contribution is 2.30. The summed E-state index contributed by atoms with van der Waals surface area (Å²) in [7, 11) is -3.61. The Bertz CT molecular complexity index is 1040. The molecule has 0 radical (unpaired) electrons. The van der Waals surface area contributed by atoms with Gasteiger partial charge in [-0.05, 0) is 49.6 Å². The van der Waals surface area contributed by atoms with Crippen LogP contribution in [0.2, 0.25) is 0 Å². The van der Waals surface area contributed by atoms with Crippen LogP contribution in [0.1, 0.15) is 17.0 Å². The summed E-state index contributed by atoms with van der Waals surface area (Å²) in [5, 5.41) is 15.4. The van der Waals surface area contributed by atoms with Crippen LogP contribution in [0.5, 0.6) is 0 Å². The van der Waals surface area contributed by atoms with Crippen LogP contribution in [-0.2, 0) is 16.6 Å². The Morgan fingerprint density at radius 2 is 1.96 bits per heavy atom. The fourth-order valence-corrected chi connectivity index (χ4v) is 4.67. The maximum atomic E-state index is 12.3. The Morgan fingerprint density at radius 1 is 1.23 bits per heavy atom. The van der Waals surface area contributed by atoms with Crippen molar-refractivity contribution in [3.05, 3.63) is 58.7 Å². The lowest BCUT2D eigenvalue weighted by Crippen LogP contribution is -2.28. The van der Waals surface area contributed by atoms with Crippen LogP contribution in [0.4, 0.5) is 0 Å². The first-order chi connectivity index (χ1) is 12.4. The van der Waals surface area contributed by atoms with Crippen LogP contribution in [-0.4, -0.2) is 24.7 Å². The highest BCUT2D eigenvalue weighted by Gasteiger charge is 2.16. The van der Waals surface area contributed by atoms with Crippen LogP contribution in [0, 0.1) is 25.2 Å². The highest BCUT2D eigenvalue weighted by molar-refractivity contribution is 7.89. The van der Waals surface area contributed by atoms with Crippen molar-refractivity contribution in [3.8, 4) is 16.5 Å². The van der Waals surface area contributed by atoms with Crippen molar-refractivity contribution in [2.75, 3.05) is 6.54 Å². The summed E-state index contributed by atoms with van der Waals surface area (Å²) < 4.78 is 29.1. The van der Waals surface area contributed by atoms with E-state index in [9.17, 15) is 8.42 Å². The largest absolute Gasteiger partial charge is 0.268 e. The maximum Gasteiger partial charge on any atom is 0.240 e. The van der Waals surface area contributed by atoms with E-state index in [0.29, 0.717) is 12.1 Å². The van der Waals surface area contributed by atoms with Gasteiger partial charge in [-0.2, -0.15) is 10.4 Å². The summed E-state index contributed by atoms with van der Waals surface area (Å²) in [6, 6.07) is 11.9. The topological polar surface area (TPSA) is 87.8 Å². The number of nitriles is 1. The smallest absolute Gasteiger partial charge is 0.240 e. The van der Waals surface area contributed by atoms with E-state index < -0.39 is 10.0 Å². The molecule has 0 aliphatic heterocycles. The third kappa shape index (κ3) is 3.70. The summed E-state index contributed by atoms with van der Waals surface area (Å²) in [5.74, 6) is 0. The molecule has 26 heavy (non-hydrogen) atoms. The van der Waals surface area contributed by atoms with Crippen LogP contribution in [0.3, 0.4) is 0 Å². The molecule has 3 aromatic rings. The summed E-state index contributed by atoms with van der Waals surface area (Å²) in [4.78, 5) is 1.30. The van der Waals surface area contributed by atoms with Gasteiger partial charge in [-0.25, -0.2) is 13.1 Å². The van der Waals surface area contributed by atoms with E-state index in [1.54, 1.807) is 11.3 Å².